The highest BCUT2D eigenvalue weighted by Crippen LogP contribution is 2.24. The van der Waals surface area contributed by atoms with Crippen LogP contribution >= 0.6 is 12.4 Å². The van der Waals surface area contributed by atoms with Gasteiger partial charge in [0.2, 0.25) is 0 Å². The van der Waals surface area contributed by atoms with Crippen molar-refractivity contribution in [2.24, 2.45) is 0 Å². The molecule has 134 valence electrons. The summed E-state index contributed by atoms with van der Waals surface area (Å²) < 4.78 is 11.2. The minimum absolute atomic E-state index is 0. The van der Waals surface area contributed by atoms with E-state index in [4.69, 9.17) is 9.47 Å². The van der Waals surface area contributed by atoms with Gasteiger partial charge >= 0.3 is 0 Å². The Kier molecular flexibility index (Phi) is 7.10. The third-order valence-electron chi connectivity index (χ3n) is 3.74. The van der Waals surface area contributed by atoms with Crippen molar-refractivity contribution < 1.29 is 14.3 Å². The fourth-order valence-corrected chi connectivity index (χ4v) is 2.54. The number of rotatable bonds is 5. The van der Waals surface area contributed by atoms with Crippen LogP contribution < -0.4 is 20.1 Å². The molecule has 1 aliphatic rings. The molecule has 0 aliphatic carbocycles. The number of nitrogens with one attached hydrogen (secondary N) is 2. The molecule has 0 radical (unpaired) electrons. The average Bonchev–Trinajstić information content (AvgIpc) is 2.85. The first kappa shape index (κ1) is 19.1. The molecular weight excluding hydrogens is 340 g/mol. The third kappa shape index (κ3) is 5.11. The molecule has 2 aromatic carbocycles. The lowest BCUT2D eigenvalue weighted by Gasteiger charge is -2.11. The summed E-state index contributed by atoms with van der Waals surface area (Å²) in [4.78, 5) is 12.5. The average molecular weight is 363 g/mol. The summed E-state index contributed by atoms with van der Waals surface area (Å²) >= 11 is 0. The number of hydrogen-bond acceptors (Lipinski definition) is 4. The summed E-state index contributed by atoms with van der Waals surface area (Å²) in [5, 5.41) is 6.22. The van der Waals surface area contributed by atoms with Gasteiger partial charge in [-0.2, -0.15) is 0 Å². The minimum Gasteiger partial charge on any atom is -0.494 e. The quantitative estimate of drug-likeness (QED) is 0.852. The zero-order valence-electron chi connectivity index (χ0n) is 14.2. The smallest absolute Gasteiger partial charge is 0.255 e. The largest absolute Gasteiger partial charge is 0.494 e. The standard InChI is InChI=1S/C19H22N2O3.ClH/c1-2-9-23-17-5-3-4-14(12-17)19(22)21-16-6-7-18-15(11-16)13-20-8-10-24-18;/h3-7,11-12,20H,2,8-10,13H2,1H3,(H,21,22);1H. The van der Waals surface area contributed by atoms with Crippen LogP contribution in [0.5, 0.6) is 11.5 Å². The number of hydrogen-bond donors (Lipinski definition) is 2. The molecule has 0 saturated heterocycles. The van der Waals surface area contributed by atoms with Crippen molar-refractivity contribution in [2.45, 2.75) is 19.9 Å². The van der Waals surface area contributed by atoms with Crippen LogP contribution in [0.3, 0.4) is 0 Å². The van der Waals surface area contributed by atoms with Crippen LogP contribution in [0, 0.1) is 0 Å². The van der Waals surface area contributed by atoms with Crippen molar-refractivity contribution in [3.63, 3.8) is 0 Å². The molecule has 0 unspecified atom stereocenters. The number of anilines is 1. The first-order valence-electron chi connectivity index (χ1n) is 8.27. The van der Waals surface area contributed by atoms with Gasteiger partial charge in [0, 0.05) is 29.9 Å². The topological polar surface area (TPSA) is 59.6 Å². The van der Waals surface area contributed by atoms with E-state index in [2.05, 4.69) is 10.6 Å². The van der Waals surface area contributed by atoms with Gasteiger partial charge in [-0.1, -0.05) is 13.0 Å². The highest BCUT2D eigenvalue weighted by Gasteiger charge is 2.12. The molecule has 0 spiro atoms. The van der Waals surface area contributed by atoms with E-state index < -0.39 is 0 Å². The van der Waals surface area contributed by atoms with Crippen molar-refractivity contribution in [1.82, 2.24) is 5.32 Å². The van der Waals surface area contributed by atoms with Crippen LogP contribution in [0.2, 0.25) is 0 Å². The molecule has 0 saturated carbocycles. The second-order valence-corrected chi connectivity index (χ2v) is 5.68. The Labute approximate surface area is 154 Å². The van der Waals surface area contributed by atoms with Crippen molar-refractivity contribution >= 4 is 24.0 Å². The Bertz CT molecular complexity index is 722. The Morgan fingerprint density at radius 1 is 1.28 bits per heavy atom. The third-order valence-corrected chi connectivity index (χ3v) is 3.74. The Morgan fingerprint density at radius 2 is 2.16 bits per heavy atom. The summed E-state index contributed by atoms with van der Waals surface area (Å²) in [5.74, 6) is 1.43. The second-order valence-electron chi connectivity index (χ2n) is 5.68. The SMILES string of the molecule is CCCOc1cccc(C(=O)Nc2ccc3c(c2)CNCCO3)c1.Cl. The van der Waals surface area contributed by atoms with Gasteiger partial charge in [0.15, 0.2) is 0 Å². The van der Waals surface area contributed by atoms with E-state index in [1.165, 1.54) is 0 Å². The van der Waals surface area contributed by atoms with Crippen LogP contribution in [0.4, 0.5) is 5.69 Å². The summed E-state index contributed by atoms with van der Waals surface area (Å²) in [6.45, 7) is 4.90. The van der Waals surface area contributed by atoms with Crippen molar-refractivity contribution in [2.75, 3.05) is 25.1 Å². The molecule has 1 heterocycles. The zero-order valence-corrected chi connectivity index (χ0v) is 15.0. The Balaban J connectivity index is 0.00000225. The number of benzene rings is 2. The van der Waals surface area contributed by atoms with Gasteiger partial charge in [0.25, 0.3) is 5.91 Å². The summed E-state index contributed by atoms with van der Waals surface area (Å²) in [6.07, 6.45) is 0.932. The molecule has 2 aromatic rings. The van der Waals surface area contributed by atoms with E-state index in [9.17, 15) is 4.79 Å². The van der Waals surface area contributed by atoms with Crippen LogP contribution in [0.1, 0.15) is 29.3 Å². The molecule has 3 rings (SSSR count). The number of halogens is 1. The fraction of sp³-hybridized carbons (Fsp3) is 0.316. The highest BCUT2D eigenvalue weighted by atomic mass is 35.5. The van der Waals surface area contributed by atoms with Crippen LogP contribution in [0.15, 0.2) is 42.5 Å². The van der Waals surface area contributed by atoms with Crippen molar-refractivity contribution in [3.8, 4) is 11.5 Å². The molecule has 1 amide bonds. The van der Waals surface area contributed by atoms with E-state index in [0.717, 1.165) is 36.5 Å². The maximum absolute atomic E-state index is 12.5. The second kappa shape index (κ2) is 9.30. The van der Waals surface area contributed by atoms with Crippen molar-refractivity contribution in [1.29, 1.82) is 0 Å². The molecule has 25 heavy (non-hydrogen) atoms. The minimum atomic E-state index is -0.153. The predicted octanol–water partition coefficient (Wildman–Crippen LogP) is 3.63. The van der Waals surface area contributed by atoms with E-state index in [-0.39, 0.29) is 18.3 Å². The normalized spacial score (nSPS) is 12.8. The molecule has 0 fully saturated rings. The van der Waals surface area contributed by atoms with Gasteiger partial charge in [0.1, 0.15) is 18.1 Å². The molecule has 1 aliphatic heterocycles. The number of carbonyl (C=O) groups excluding carboxylic acids is 1. The zero-order chi connectivity index (χ0) is 16.8. The van der Waals surface area contributed by atoms with Gasteiger partial charge in [-0.05, 0) is 42.8 Å². The van der Waals surface area contributed by atoms with Gasteiger partial charge in [-0.3, -0.25) is 4.79 Å². The molecule has 0 aromatic heterocycles. The van der Waals surface area contributed by atoms with Gasteiger partial charge in [-0.25, -0.2) is 0 Å². The maximum atomic E-state index is 12.5. The first-order chi connectivity index (χ1) is 11.8. The molecule has 5 nitrogen and oxygen atoms in total. The van der Waals surface area contributed by atoms with Crippen LogP contribution in [0.25, 0.3) is 0 Å². The summed E-state index contributed by atoms with van der Waals surface area (Å²) in [6, 6.07) is 12.9. The summed E-state index contributed by atoms with van der Waals surface area (Å²) in [7, 11) is 0. The van der Waals surface area contributed by atoms with E-state index >= 15 is 0 Å². The molecular formula is C19H23ClN2O3. The van der Waals surface area contributed by atoms with E-state index in [1.54, 1.807) is 12.1 Å². The molecule has 2 N–H and O–H groups in total. The molecule has 0 bridgehead atoms. The van der Waals surface area contributed by atoms with Gasteiger partial charge < -0.3 is 20.1 Å². The fourth-order valence-electron chi connectivity index (χ4n) is 2.54. The molecule has 0 atom stereocenters. The monoisotopic (exact) mass is 362 g/mol. The van der Waals surface area contributed by atoms with E-state index in [1.807, 2.05) is 37.3 Å². The lowest BCUT2D eigenvalue weighted by molar-refractivity contribution is 0.102. The number of carbonyl (C=O) groups is 1. The van der Waals surface area contributed by atoms with Crippen LogP contribution in [-0.4, -0.2) is 25.7 Å². The Hall–Kier alpha value is -2.24. The van der Waals surface area contributed by atoms with Crippen LogP contribution in [-0.2, 0) is 6.54 Å². The number of ether oxygens (including phenoxy) is 2. The number of fused-ring (bicyclic) bond motifs is 1. The number of amides is 1. The lowest BCUT2D eigenvalue weighted by Crippen LogP contribution is -2.16. The van der Waals surface area contributed by atoms with Crippen molar-refractivity contribution in [3.05, 3.63) is 53.6 Å². The summed E-state index contributed by atoms with van der Waals surface area (Å²) in [5.41, 5.74) is 2.38. The predicted molar refractivity (Wildman–Crippen MR) is 101 cm³/mol. The van der Waals surface area contributed by atoms with Gasteiger partial charge in [-0.15, -0.1) is 12.4 Å². The van der Waals surface area contributed by atoms with Gasteiger partial charge in [0.05, 0.1) is 6.61 Å². The maximum Gasteiger partial charge on any atom is 0.255 e. The van der Waals surface area contributed by atoms with E-state index in [0.29, 0.717) is 24.5 Å². The Morgan fingerprint density at radius 3 is 3.00 bits per heavy atom. The highest BCUT2D eigenvalue weighted by molar-refractivity contribution is 6.04. The lowest BCUT2D eigenvalue weighted by atomic mass is 10.1. The first-order valence-corrected chi connectivity index (χ1v) is 8.27. The molecule has 6 heteroatoms.